The molecule has 2 aromatic rings. The first-order valence-electron chi connectivity index (χ1n) is 13.9. The Morgan fingerprint density at radius 1 is 0.694 bits per heavy atom. The van der Waals surface area contributed by atoms with Crippen LogP contribution < -0.4 is 14.2 Å². The van der Waals surface area contributed by atoms with Gasteiger partial charge in [0.2, 0.25) is 0 Å². The zero-order valence-electron chi connectivity index (χ0n) is 22.0. The number of unbranched alkanes of at least 4 members (excludes halogenated alkanes) is 5. The van der Waals surface area contributed by atoms with Crippen molar-refractivity contribution in [2.75, 3.05) is 6.61 Å². The SMILES string of the molecule is CCCCCCOc1ccc(C(=O)Oc2ccc(OC(=O)[C@H]3CC[C@H](CCCCC)CC3)cc2)cc1. The number of hydrogen-bond donors (Lipinski definition) is 0. The molecule has 0 radical (unpaired) electrons. The Kier molecular flexibility index (Phi) is 11.8. The van der Waals surface area contributed by atoms with E-state index in [4.69, 9.17) is 14.2 Å². The first-order valence-corrected chi connectivity index (χ1v) is 13.9. The molecule has 5 heteroatoms. The van der Waals surface area contributed by atoms with Crippen LogP contribution in [0.4, 0.5) is 0 Å². The van der Waals surface area contributed by atoms with E-state index < -0.39 is 5.97 Å². The number of ether oxygens (including phenoxy) is 3. The fourth-order valence-corrected chi connectivity index (χ4v) is 4.72. The molecule has 1 saturated carbocycles. The van der Waals surface area contributed by atoms with Gasteiger partial charge in [-0.2, -0.15) is 0 Å². The Morgan fingerprint density at radius 2 is 1.28 bits per heavy atom. The molecular formula is C31H42O5. The first kappa shape index (κ1) is 27.8. The third-order valence-electron chi connectivity index (χ3n) is 7.01. The summed E-state index contributed by atoms with van der Waals surface area (Å²) >= 11 is 0. The van der Waals surface area contributed by atoms with Crippen LogP contribution in [0.25, 0.3) is 0 Å². The summed E-state index contributed by atoms with van der Waals surface area (Å²) in [4.78, 5) is 25.1. The van der Waals surface area contributed by atoms with Crippen LogP contribution in [0.3, 0.4) is 0 Å². The topological polar surface area (TPSA) is 61.8 Å². The molecule has 196 valence electrons. The number of carbonyl (C=O) groups excluding carboxylic acids is 2. The number of esters is 2. The minimum Gasteiger partial charge on any atom is -0.494 e. The minimum absolute atomic E-state index is 0.0202. The van der Waals surface area contributed by atoms with E-state index in [1.165, 1.54) is 44.9 Å². The lowest BCUT2D eigenvalue weighted by molar-refractivity contribution is -0.140. The monoisotopic (exact) mass is 494 g/mol. The quantitative estimate of drug-likeness (QED) is 0.151. The summed E-state index contributed by atoms with van der Waals surface area (Å²) in [5.74, 6) is 1.78. The van der Waals surface area contributed by atoms with Crippen LogP contribution in [-0.4, -0.2) is 18.5 Å². The van der Waals surface area contributed by atoms with Gasteiger partial charge in [0, 0.05) is 0 Å². The fraction of sp³-hybridized carbons (Fsp3) is 0.548. The molecule has 36 heavy (non-hydrogen) atoms. The zero-order chi connectivity index (χ0) is 25.6. The van der Waals surface area contributed by atoms with Crippen molar-refractivity contribution in [3.05, 3.63) is 54.1 Å². The van der Waals surface area contributed by atoms with Crippen molar-refractivity contribution in [2.24, 2.45) is 11.8 Å². The molecule has 0 atom stereocenters. The van der Waals surface area contributed by atoms with Crippen LogP contribution in [0.1, 0.15) is 101 Å². The van der Waals surface area contributed by atoms with Gasteiger partial charge in [-0.1, -0.05) is 58.8 Å². The molecule has 3 rings (SSSR count). The highest BCUT2D eigenvalue weighted by atomic mass is 16.5. The summed E-state index contributed by atoms with van der Waals surface area (Å²) in [7, 11) is 0. The van der Waals surface area contributed by atoms with Gasteiger partial charge in [0.25, 0.3) is 0 Å². The molecule has 0 amide bonds. The van der Waals surface area contributed by atoms with E-state index in [1.54, 1.807) is 48.5 Å². The van der Waals surface area contributed by atoms with Gasteiger partial charge in [0.1, 0.15) is 17.2 Å². The molecule has 5 nitrogen and oxygen atoms in total. The molecular weight excluding hydrogens is 452 g/mol. The summed E-state index contributed by atoms with van der Waals surface area (Å²) < 4.78 is 16.8. The van der Waals surface area contributed by atoms with Gasteiger partial charge in [0.05, 0.1) is 18.1 Å². The van der Waals surface area contributed by atoms with Gasteiger partial charge in [-0.15, -0.1) is 0 Å². The highest BCUT2D eigenvalue weighted by Gasteiger charge is 2.27. The third-order valence-corrected chi connectivity index (χ3v) is 7.01. The van der Waals surface area contributed by atoms with Crippen LogP contribution in [-0.2, 0) is 4.79 Å². The van der Waals surface area contributed by atoms with Crippen LogP contribution in [0.2, 0.25) is 0 Å². The van der Waals surface area contributed by atoms with Crippen molar-refractivity contribution in [2.45, 2.75) is 90.9 Å². The minimum atomic E-state index is -0.440. The van der Waals surface area contributed by atoms with E-state index in [0.717, 1.165) is 43.8 Å². The Morgan fingerprint density at radius 3 is 1.92 bits per heavy atom. The van der Waals surface area contributed by atoms with Crippen LogP contribution >= 0.6 is 0 Å². The van der Waals surface area contributed by atoms with E-state index >= 15 is 0 Å². The Bertz CT molecular complexity index is 911. The highest BCUT2D eigenvalue weighted by molar-refractivity contribution is 5.91. The average Bonchev–Trinajstić information content (AvgIpc) is 2.90. The lowest BCUT2D eigenvalue weighted by Crippen LogP contribution is -2.25. The zero-order valence-corrected chi connectivity index (χ0v) is 22.0. The van der Waals surface area contributed by atoms with E-state index in [2.05, 4.69) is 13.8 Å². The molecule has 1 aliphatic rings. The number of benzene rings is 2. The Hall–Kier alpha value is -2.82. The summed E-state index contributed by atoms with van der Waals surface area (Å²) in [5.41, 5.74) is 0.453. The van der Waals surface area contributed by atoms with Crippen molar-refractivity contribution in [3.8, 4) is 17.2 Å². The van der Waals surface area contributed by atoms with Crippen molar-refractivity contribution >= 4 is 11.9 Å². The smallest absolute Gasteiger partial charge is 0.343 e. The standard InChI is InChI=1S/C31H42O5/c1-3-5-7-9-23-34-27-17-15-26(16-18-27)31(33)36-29-21-19-28(20-22-29)35-30(32)25-13-11-24(12-14-25)10-8-6-4-2/h15-22,24-25H,3-14,23H2,1-2H3/t24-,25-. The largest absolute Gasteiger partial charge is 0.494 e. The highest BCUT2D eigenvalue weighted by Crippen LogP contribution is 2.33. The van der Waals surface area contributed by atoms with Gasteiger partial charge < -0.3 is 14.2 Å². The second-order valence-corrected chi connectivity index (χ2v) is 9.93. The van der Waals surface area contributed by atoms with Crippen LogP contribution in [0, 0.1) is 11.8 Å². The second-order valence-electron chi connectivity index (χ2n) is 9.93. The number of carbonyl (C=O) groups is 2. The van der Waals surface area contributed by atoms with Gasteiger partial charge >= 0.3 is 11.9 Å². The average molecular weight is 495 g/mol. The third kappa shape index (κ3) is 9.33. The molecule has 0 spiro atoms. The van der Waals surface area contributed by atoms with Crippen LogP contribution in [0.15, 0.2) is 48.5 Å². The van der Waals surface area contributed by atoms with E-state index in [0.29, 0.717) is 23.7 Å². The maximum atomic E-state index is 12.6. The van der Waals surface area contributed by atoms with Crippen molar-refractivity contribution < 1.29 is 23.8 Å². The predicted octanol–water partition coefficient (Wildman–Crippen LogP) is 8.16. The summed E-state index contributed by atoms with van der Waals surface area (Å²) in [6.07, 6.45) is 13.8. The predicted molar refractivity (Wildman–Crippen MR) is 143 cm³/mol. The van der Waals surface area contributed by atoms with Crippen LogP contribution in [0.5, 0.6) is 17.2 Å². The number of rotatable bonds is 14. The van der Waals surface area contributed by atoms with E-state index in [1.807, 2.05) is 0 Å². The first-order chi connectivity index (χ1) is 17.6. The molecule has 0 aliphatic heterocycles. The van der Waals surface area contributed by atoms with Crippen molar-refractivity contribution in [1.82, 2.24) is 0 Å². The van der Waals surface area contributed by atoms with E-state index in [9.17, 15) is 9.59 Å². The van der Waals surface area contributed by atoms with Crippen molar-refractivity contribution in [3.63, 3.8) is 0 Å². The molecule has 0 aromatic heterocycles. The number of hydrogen-bond acceptors (Lipinski definition) is 5. The summed E-state index contributed by atoms with van der Waals surface area (Å²) in [6, 6.07) is 13.6. The molecule has 0 heterocycles. The Labute approximate surface area is 216 Å². The lowest BCUT2D eigenvalue weighted by Gasteiger charge is -2.27. The molecule has 1 fully saturated rings. The lowest BCUT2D eigenvalue weighted by atomic mass is 9.80. The van der Waals surface area contributed by atoms with E-state index in [-0.39, 0.29) is 11.9 Å². The molecule has 0 bridgehead atoms. The molecule has 0 saturated heterocycles. The maximum Gasteiger partial charge on any atom is 0.343 e. The molecule has 2 aromatic carbocycles. The van der Waals surface area contributed by atoms with Gasteiger partial charge in [-0.3, -0.25) is 4.79 Å². The van der Waals surface area contributed by atoms with Gasteiger partial charge in [-0.05, 0) is 86.6 Å². The Balaban J connectivity index is 1.40. The second kappa shape index (κ2) is 15.3. The molecule has 0 N–H and O–H groups in total. The molecule has 0 unspecified atom stereocenters. The van der Waals surface area contributed by atoms with Gasteiger partial charge in [-0.25, -0.2) is 4.79 Å². The normalized spacial score (nSPS) is 17.4. The van der Waals surface area contributed by atoms with Gasteiger partial charge in [0.15, 0.2) is 0 Å². The summed E-state index contributed by atoms with van der Waals surface area (Å²) in [5, 5.41) is 0. The maximum absolute atomic E-state index is 12.6. The molecule has 1 aliphatic carbocycles. The summed E-state index contributed by atoms with van der Waals surface area (Å²) in [6.45, 7) is 5.10. The fourth-order valence-electron chi connectivity index (χ4n) is 4.72. The van der Waals surface area contributed by atoms with Crippen molar-refractivity contribution in [1.29, 1.82) is 0 Å².